The third kappa shape index (κ3) is 7.90. The number of amides is 1. The number of nitrogens with one attached hydrogen (secondary N) is 3. The second-order valence-electron chi connectivity index (χ2n) is 6.92. The van der Waals surface area contributed by atoms with Crippen molar-refractivity contribution in [3.63, 3.8) is 0 Å². The Labute approximate surface area is 188 Å². The van der Waals surface area contributed by atoms with Gasteiger partial charge in [-0.15, -0.1) is 0 Å². The van der Waals surface area contributed by atoms with Crippen molar-refractivity contribution in [1.29, 1.82) is 0 Å². The lowest BCUT2D eigenvalue weighted by Gasteiger charge is -2.10. The summed E-state index contributed by atoms with van der Waals surface area (Å²) in [6.07, 6.45) is 4.56. The molecule has 0 saturated carbocycles. The van der Waals surface area contributed by atoms with E-state index in [2.05, 4.69) is 31.9 Å². The van der Waals surface area contributed by atoms with E-state index in [0.717, 1.165) is 27.4 Å². The Bertz CT molecular complexity index is 1010. The fourth-order valence-corrected chi connectivity index (χ4v) is 3.20. The van der Waals surface area contributed by atoms with Gasteiger partial charge in [-0.3, -0.25) is 14.9 Å². The number of nitrogens with zero attached hydrogens (tertiary/aromatic N) is 3. The molecule has 3 N–H and O–H groups in total. The fraction of sp³-hybridized carbons (Fsp3) is 0.304. The molecule has 1 heterocycles. The molecule has 1 amide bonds. The number of aromatic amines is 1. The van der Waals surface area contributed by atoms with E-state index in [1.165, 1.54) is 11.8 Å². The van der Waals surface area contributed by atoms with E-state index in [1.54, 1.807) is 7.05 Å². The first-order valence-electron chi connectivity index (χ1n) is 10.1. The second kappa shape index (κ2) is 11.9. The molecule has 0 aliphatic rings. The molecular weight excluding hydrogens is 408 g/mol. The molecule has 0 aliphatic heterocycles. The lowest BCUT2D eigenvalue weighted by atomic mass is 10.1. The molecule has 0 saturated heterocycles. The number of anilines is 2. The van der Waals surface area contributed by atoms with E-state index in [1.807, 2.05) is 71.0 Å². The summed E-state index contributed by atoms with van der Waals surface area (Å²) in [6, 6.07) is 9.55. The number of aryl methyl sites for hydroxylation is 1. The number of benzene rings is 1. The van der Waals surface area contributed by atoms with Crippen LogP contribution in [0.2, 0.25) is 0 Å². The normalized spacial score (nSPS) is 13.4. The van der Waals surface area contributed by atoms with E-state index in [-0.39, 0.29) is 5.91 Å². The van der Waals surface area contributed by atoms with Crippen molar-refractivity contribution < 1.29 is 4.79 Å². The molecule has 2 rings (SSSR count). The number of rotatable bonds is 6. The van der Waals surface area contributed by atoms with E-state index in [9.17, 15) is 4.79 Å². The minimum atomic E-state index is -0.0104. The van der Waals surface area contributed by atoms with Gasteiger partial charge in [-0.05, 0) is 57.5 Å². The van der Waals surface area contributed by atoms with Gasteiger partial charge in [-0.2, -0.15) is 5.10 Å². The van der Waals surface area contributed by atoms with E-state index in [0.29, 0.717) is 23.2 Å². The minimum absolute atomic E-state index is 0.0104. The highest BCUT2D eigenvalue weighted by molar-refractivity contribution is 8.14. The summed E-state index contributed by atoms with van der Waals surface area (Å²) >= 11 is 1.45. The third-order valence-electron chi connectivity index (χ3n) is 4.29. The maximum absolute atomic E-state index is 11.5. The Morgan fingerprint density at radius 1 is 1.23 bits per heavy atom. The van der Waals surface area contributed by atoms with Gasteiger partial charge < -0.3 is 10.6 Å². The Balaban J connectivity index is 2.26. The monoisotopic (exact) mass is 438 g/mol. The molecule has 0 atom stereocenters. The van der Waals surface area contributed by atoms with Crippen molar-refractivity contribution in [3.8, 4) is 0 Å². The number of carbonyl (C=O) groups excluding carboxylic acids is 1. The van der Waals surface area contributed by atoms with Gasteiger partial charge in [0.05, 0.1) is 0 Å². The van der Waals surface area contributed by atoms with E-state index < -0.39 is 0 Å². The van der Waals surface area contributed by atoms with Crippen LogP contribution < -0.4 is 10.6 Å². The Morgan fingerprint density at radius 3 is 2.48 bits per heavy atom. The zero-order valence-electron chi connectivity index (χ0n) is 18.9. The number of H-pyrrole nitrogens is 1. The van der Waals surface area contributed by atoms with Crippen LogP contribution in [0.4, 0.5) is 11.5 Å². The Kier molecular flexibility index (Phi) is 9.27. The van der Waals surface area contributed by atoms with Gasteiger partial charge in [0.15, 0.2) is 11.0 Å². The first kappa shape index (κ1) is 24.1. The van der Waals surface area contributed by atoms with Gasteiger partial charge in [-0.1, -0.05) is 36.4 Å². The first-order chi connectivity index (χ1) is 14.8. The number of carbonyl (C=O) groups is 1. The highest BCUT2D eigenvalue weighted by atomic mass is 32.2. The topological polar surface area (TPSA) is 94.5 Å². The van der Waals surface area contributed by atoms with Crippen molar-refractivity contribution >= 4 is 40.2 Å². The van der Waals surface area contributed by atoms with Crippen molar-refractivity contribution in [3.05, 3.63) is 59.3 Å². The predicted octanol–water partition coefficient (Wildman–Crippen LogP) is 5.57. The SMILES string of the molecule is C\C=C(C)/C=C(C)/C(=N\C(=NC)Sc1ccc(NC(=O)CC)cc1)Nc1cc(C)[nH]n1. The number of aliphatic imine (C=N–C) groups is 2. The molecule has 0 aliphatic carbocycles. The molecular formula is C23H30N6OS. The third-order valence-corrected chi connectivity index (χ3v) is 5.26. The molecule has 164 valence electrons. The summed E-state index contributed by atoms with van der Waals surface area (Å²) in [5.41, 5.74) is 3.84. The summed E-state index contributed by atoms with van der Waals surface area (Å²) < 4.78 is 0. The maximum Gasteiger partial charge on any atom is 0.224 e. The van der Waals surface area contributed by atoms with Gasteiger partial charge in [0.2, 0.25) is 5.91 Å². The van der Waals surface area contributed by atoms with Gasteiger partial charge >= 0.3 is 0 Å². The number of amidine groups is 2. The fourth-order valence-electron chi connectivity index (χ4n) is 2.49. The second-order valence-corrected chi connectivity index (χ2v) is 7.96. The molecule has 1 aromatic carbocycles. The Hall–Kier alpha value is -3.13. The summed E-state index contributed by atoms with van der Waals surface area (Å²) in [6.45, 7) is 9.82. The number of hydrogen-bond donors (Lipinski definition) is 3. The predicted molar refractivity (Wildman–Crippen MR) is 132 cm³/mol. The molecule has 2 aromatic rings. The molecule has 7 nitrogen and oxygen atoms in total. The van der Waals surface area contributed by atoms with Crippen LogP contribution in [-0.4, -0.2) is 34.2 Å². The quantitative estimate of drug-likeness (QED) is 0.238. The molecule has 0 fully saturated rings. The molecule has 0 unspecified atom stereocenters. The Morgan fingerprint density at radius 2 is 1.94 bits per heavy atom. The zero-order chi connectivity index (χ0) is 22.8. The van der Waals surface area contributed by atoms with Crippen LogP contribution in [0.3, 0.4) is 0 Å². The maximum atomic E-state index is 11.5. The largest absolute Gasteiger partial charge is 0.326 e. The lowest BCUT2D eigenvalue weighted by molar-refractivity contribution is -0.115. The van der Waals surface area contributed by atoms with Crippen molar-refractivity contribution in [1.82, 2.24) is 10.2 Å². The number of aromatic nitrogens is 2. The van der Waals surface area contributed by atoms with E-state index >= 15 is 0 Å². The molecule has 0 radical (unpaired) electrons. The number of allylic oxidation sites excluding steroid dienone is 3. The van der Waals surface area contributed by atoms with Gasteiger partial charge in [0.25, 0.3) is 0 Å². The highest BCUT2D eigenvalue weighted by Crippen LogP contribution is 2.23. The standard InChI is InChI=1S/C23H30N6OS/c1-7-15(3)13-16(4)22(26-20-14-17(5)28-29-20)27-23(24-6)31-19-11-9-18(10-12-19)25-21(30)8-2/h7,9-14H,8H2,1-6H3,(H,25,30)(H2,24,26,27,28,29)/b15-7-,16-13+. The first-order valence-corrected chi connectivity index (χ1v) is 10.9. The minimum Gasteiger partial charge on any atom is -0.326 e. The molecule has 0 spiro atoms. The van der Waals surface area contributed by atoms with Gasteiger partial charge in [0, 0.05) is 35.8 Å². The number of hydrogen-bond acceptors (Lipinski definition) is 4. The van der Waals surface area contributed by atoms with Crippen LogP contribution in [0, 0.1) is 6.92 Å². The van der Waals surface area contributed by atoms with Crippen LogP contribution in [-0.2, 0) is 4.79 Å². The van der Waals surface area contributed by atoms with Crippen molar-refractivity contribution in [2.24, 2.45) is 9.98 Å². The average molecular weight is 439 g/mol. The van der Waals surface area contributed by atoms with Gasteiger partial charge in [-0.25, -0.2) is 4.99 Å². The van der Waals surface area contributed by atoms with Crippen molar-refractivity contribution in [2.75, 3.05) is 17.7 Å². The van der Waals surface area contributed by atoms with Crippen LogP contribution in [0.5, 0.6) is 0 Å². The lowest BCUT2D eigenvalue weighted by Crippen LogP contribution is -2.16. The summed E-state index contributed by atoms with van der Waals surface area (Å²) in [5.74, 6) is 1.36. The van der Waals surface area contributed by atoms with Crippen LogP contribution in [0.25, 0.3) is 0 Å². The molecule has 31 heavy (non-hydrogen) atoms. The summed E-state index contributed by atoms with van der Waals surface area (Å²) in [5, 5.41) is 13.9. The highest BCUT2D eigenvalue weighted by Gasteiger charge is 2.10. The van der Waals surface area contributed by atoms with Crippen LogP contribution in [0.15, 0.2) is 68.5 Å². The van der Waals surface area contributed by atoms with Crippen LogP contribution in [0.1, 0.15) is 39.8 Å². The van der Waals surface area contributed by atoms with Gasteiger partial charge in [0.1, 0.15) is 5.84 Å². The summed E-state index contributed by atoms with van der Waals surface area (Å²) in [7, 11) is 1.72. The summed E-state index contributed by atoms with van der Waals surface area (Å²) in [4.78, 5) is 21.6. The molecule has 1 aromatic heterocycles. The average Bonchev–Trinajstić information content (AvgIpc) is 3.18. The number of thioether (sulfide) groups is 1. The molecule has 0 bridgehead atoms. The van der Waals surface area contributed by atoms with Crippen molar-refractivity contribution in [2.45, 2.75) is 45.9 Å². The van der Waals surface area contributed by atoms with Crippen LogP contribution >= 0.6 is 11.8 Å². The molecule has 8 heteroatoms. The van der Waals surface area contributed by atoms with E-state index in [4.69, 9.17) is 4.99 Å². The smallest absolute Gasteiger partial charge is 0.224 e. The zero-order valence-corrected chi connectivity index (χ0v) is 19.7.